The fourth-order valence-corrected chi connectivity index (χ4v) is 2.25. The standard InChI is InChI=1S/C12H22O/c1-8(2)7-11-9(3)5-6-10(4)12(11)13/h7,9-13H,5-6H2,1-4H3. The smallest absolute Gasteiger partial charge is 0.0630 e. The van der Waals surface area contributed by atoms with Gasteiger partial charge in [-0.2, -0.15) is 0 Å². The minimum Gasteiger partial charge on any atom is -0.392 e. The number of hydrogen-bond donors (Lipinski definition) is 1. The summed E-state index contributed by atoms with van der Waals surface area (Å²) in [4.78, 5) is 0. The summed E-state index contributed by atoms with van der Waals surface area (Å²) in [6, 6.07) is 0. The largest absolute Gasteiger partial charge is 0.392 e. The highest BCUT2D eigenvalue weighted by molar-refractivity contribution is 5.03. The maximum atomic E-state index is 10.0. The third-order valence-corrected chi connectivity index (χ3v) is 3.24. The van der Waals surface area contributed by atoms with Gasteiger partial charge in [0.15, 0.2) is 0 Å². The zero-order chi connectivity index (χ0) is 10.0. The quantitative estimate of drug-likeness (QED) is 0.618. The Hall–Kier alpha value is -0.300. The van der Waals surface area contributed by atoms with Crippen molar-refractivity contribution in [1.82, 2.24) is 0 Å². The van der Waals surface area contributed by atoms with Gasteiger partial charge in [-0.05, 0) is 38.5 Å². The van der Waals surface area contributed by atoms with Gasteiger partial charge in [-0.1, -0.05) is 25.5 Å². The van der Waals surface area contributed by atoms with Crippen LogP contribution in [-0.4, -0.2) is 11.2 Å². The van der Waals surface area contributed by atoms with E-state index in [1.807, 2.05) is 0 Å². The van der Waals surface area contributed by atoms with E-state index in [2.05, 4.69) is 33.8 Å². The maximum Gasteiger partial charge on any atom is 0.0630 e. The lowest BCUT2D eigenvalue weighted by Gasteiger charge is -2.36. The Morgan fingerprint density at radius 2 is 1.69 bits per heavy atom. The van der Waals surface area contributed by atoms with Crippen LogP contribution in [0.25, 0.3) is 0 Å². The Balaban J connectivity index is 2.72. The molecule has 1 aliphatic carbocycles. The number of aliphatic hydroxyl groups is 1. The van der Waals surface area contributed by atoms with Crippen molar-refractivity contribution in [2.45, 2.75) is 46.6 Å². The average Bonchev–Trinajstić information content (AvgIpc) is 2.05. The summed E-state index contributed by atoms with van der Waals surface area (Å²) in [7, 11) is 0. The zero-order valence-corrected chi connectivity index (χ0v) is 9.25. The molecule has 13 heavy (non-hydrogen) atoms. The number of aliphatic hydroxyl groups excluding tert-OH is 1. The Morgan fingerprint density at radius 1 is 1.15 bits per heavy atom. The lowest BCUT2D eigenvalue weighted by Crippen LogP contribution is -2.35. The van der Waals surface area contributed by atoms with Crippen molar-refractivity contribution in [3.63, 3.8) is 0 Å². The molecule has 1 nitrogen and oxygen atoms in total. The van der Waals surface area contributed by atoms with Gasteiger partial charge in [0.1, 0.15) is 0 Å². The molecular formula is C12H22O. The Labute approximate surface area is 81.9 Å². The highest BCUT2D eigenvalue weighted by Crippen LogP contribution is 2.35. The van der Waals surface area contributed by atoms with Gasteiger partial charge >= 0.3 is 0 Å². The summed E-state index contributed by atoms with van der Waals surface area (Å²) in [5, 5.41) is 10.0. The van der Waals surface area contributed by atoms with Crippen LogP contribution in [0.2, 0.25) is 0 Å². The van der Waals surface area contributed by atoms with E-state index in [0.717, 1.165) is 0 Å². The number of allylic oxidation sites excluding steroid dienone is 1. The van der Waals surface area contributed by atoms with E-state index in [-0.39, 0.29) is 6.10 Å². The molecule has 1 N–H and O–H groups in total. The predicted octanol–water partition coefficient (Wildman–Crippen LogP) is 3.00. The highest BCUT2D eigenvalue weighted by Gasteiger charge is 2.32. The minimum absolute atomic E-state index is 0.126. The van der Waals surface area contributed by atoms with E-state index in [1.54, 1.807) is 0 Å². The predicted molar refractivity (Wildman–Crippen MR) is 56.5 cm³/mol. The molecule has 0 saturated heterocycles. The van der Waals surface area contributed by atoms with Crippen molar-refractivity contribution in [3.05, 3.63) is 11.6 Å². The molecule has 4 unspecified atom stereocenters. The SMILES string of the molecule is CC(C)=CC1C(C)CCC(C)C1O. The van der Waals surface area contributed by atoms with Crippen molar-refractivity contribution in [1.29, 1.82) is 0 Å². The molecule has 1 heteroatoms. The van der Waals surface area contributed by atoms with Crippen LogP contribution in [0.4, 0.5) is 0 Å². The first-order chi connectivity index (χ1) is 6.02. The topological polar surface area (TPSA) is 20.2 Å². The highest BCUT2D eigenvalue weighted by atomic mass is 16.3. The van der Waals surface area contributed by atoms with Crippen molar-refractivity contribution in [2.24, 2.45) is 17.8 Å². The summed E-state index contributed by atoms with van der Waals surface area (Å²) < 4.78 is 0. The summed E-state index contributed by atoms with van der Waals surface area (Å²) in [5.74, 6) is 1.49. The van der Waals surface area contributed by atoms with Crippen LogP contribution >= 0.6 is 0 Å². The van der Waals surface area contributed by atoms with Gasteiger partial charge in [0.05, 0.1) is 6.10 Å². The normalized spacial score (nSPS) is 40.1. The van der Waals surface area contributed by atoms with Crippen LogP contribution in [0.15, 0.2) is 11.6 Å². The average molecular weight is 182 g/mol. The first-order valence-corrected chi connectivity index (χ1v) is 5.35. The van der Waals surface area contributed by atoms with Crippen molar-refractivity contribution >= 4 is 0 Å². The molecule has 0 aromatic heterocycles. The maximum absolute atomic E-state index is 10.0. The van der Waals surface area contributed by atoms with Gasteiger partial charge < -0.3 is 5.11 Å². The van der Waals surface area contributed by atoms with E-state index >= 15 is 0 Å². The lowest BCUT2D eigenvalue weighted by atomic mass is 9.73. The summed E-state index contributed by atoms with van der Waals surface area (Å²) in [6.07, 6.45) is 4.55. The van der Waals surface area contributed by atoms with Gasteiger partial charge in [-0.25, -0.2) is 0 Å². The van der Waals surface area contributed by atoms with E-state index in [1.165, 1.54) is 18.4 Å². The molecule has 0 aliphatic heterocycles. The molecule has 0 aromatic rings. The van der Waals surface area contributed by atoms with Crippen LogP contribution in [0.3, 0.4) is 0 Å². The molecule has 1 saturated carbocycles. The Bertz CT molecular complexity index is 191. The summed E-state index contributed by atoms with van der Waals surface area (Å²) >= 11 is 0. The Kier molecular flexibility index (Phi) is 3.55. The third kappa shape index (κ3) is 2.57. The molecule has 0 radical (unpaired) electrons. The van der Waals surface area contributed by atoms with E-state index < -0.39 is 0 Å². The van der Waals surface area contributed by atoms with Crippen molar-refractivity contribution in [3.8, 4) is 0 Å². The second-order valence-corrected chi connectivity index (χ2v) is 4.84. The molecule has 4 atom stereocenters. The van der Waals surface area contributed by atoms with Gasteiger partial charge in [-0.3, -0.25) is 0 Å². The zero-order valence-electron chi connectivity index (χ0n) is 9.25. The Morgan fingerprint density at radius 3 is 2.23 bits per heavy atom. The van der Waals surface area contributed by atoms with Gasteiger partial charge in [0, 0.05) is 5.92 Å². The first kappa shape index (κ1) is 10.8. The second-order valence-electron chi connectivity index (χ2n) is 4.84. The fraction of sp³-hybridized carbons (Fsp3) is 0.833. The van der Waals surface area contributed by atoms with Crippen molar-refractivity contribution < 1.29 is 5.11 Å². The molecule has 1 rings (SSSR count). The molecule has 0 spiro atoms. The minimum atomic E-state index is -0.126. The molecule has 0 aromatic carbocycles. The van der Waals surface area contributed by atoms with Gasteiger partial charge in [0.25, 0.3) is 0 Å². The molecule has 76 valence electrons. The first-order valence-electron chi connectivity index (χ1n) is 5.35. The monoisotopic (exact) mass is 182 g/mol. The summed E-state index contributed by atoms with van der Waals surface area (Å²) in [5.41, 5.74) is 1.32. The van der Waals surface area contributed by atoms with Gasteiger partial charge in [-0.15, -0.1) is 0 Å². The number of hydrogen-bond acceptors (Lipinski definition) is 1. The van der Waals surface area contributed by atoms with Gasteiger partial charge in [0.2, 0.25) is 0 Å². The van der Waals surface area contributed by atoms with Crippen LogP contribution in [0.5, 0.6) is 0 Å². The van der Waals surface area contributed by atoms with Crippen LogP contribution in [0, 0.1) is 17.8 Å². The molecule has 1 aliphatic rings. The molecule has 1 fully saturated rings. The van der Waals surface area contributed by atoms with Crippen molar-refractivity contribution in [2.75, 3.05) is 0 Å². The second kappa shape index (κ2) is 4.28. The lowest BCUT2D eigenvalue weighted by molar-refractivity contribution is 0.0189. The van der Waals surface area contributed by atoms with E-state index in [0.29, 0.717) is 17.8 Å². The fourth-order valence-electron chi connectivity index (χ4n) is 2.25. The van der Waals surface area contributed by atoms with E-state index in [4.69, 9.17) is 0 Å². The summed E-state index contributed by atoms with van der Waals surface area (Å²) in [6.45, 7) is 8.62. The molecule has 0 heterocycles. The van der Waals surface area contributed by atoms with Crippen LogP contribution in [0.1, 0.15) is 40.5 Å². The molecule has 0 amide bonds. The third-order valence-electron chi connectivity index (χ3n) is 3.24. The van der Waals surface area contributed by atoms with Crippen LogP contribution in [-0.2, 0) is 0 Å². The van der Waals surface area contributed by atoms with E-state index in [9.17, 15) is 5.11 Å². The molecular weight excluding hydrogens is 160 g/mol. The molecule has 0 bridgehead atoms. The number of rotatable bonds is 1. The van der Waals surface area contributed by atoms with Crippen LogP contribution < -0.4 is 0 Å².